The maximum atomic E-state index is 11.6. The zero-order valence-electron chi connectivity index (χ0n) is 12.7. The van der Waals surface area contributed by atoms with Crippen molar-refractivity contribution in [3.05, 3.63) is 0 Å². The monoisotopic (exact) mass is 336 g/mol. The molecule has 0 heterocycles. The minimum atomic E-state index is -1.36. The molecule has 0 fully saturated rings. The van der Waals surface area contributed by atoms with Crippen LogP contribution in [0, 0.1) is 0 Å². The molecule has 3 atom stereocenters. The van der Waals surface area contributed by atoms with Gasteiger partial charge in [0, 0.05) is 26.8 Å². The molecule has 10 heteroatoms. The summed E-state index contributed by atoms with van der Waals surface area (Å²) in [5, 5.41) is 21.7. The molecule has 0 aromatic heterocycles. The number of carboxylic acid groups (broad SMARTS) is 2. The number of hydrogen-bond donors (Lipinski definition) is 4. The van der Waals surface area contributed by atoms with Crippen LogP contribution in [0.2, 0.25) is 0 Å². The number of Topliss-reactive ketones (excluding diaryl/α,β-unsaturated/α-hetero) is 1. The van der Waals surface area contributed by atoms with E-state index in [1.165, 1.54) is 0 Å². The third-order valence-electron chi connectivity index (χ3n) is 2.50. The van der Waals surface area contributed by atoms with Crippen LogP contribution in [-0.2, 0) is 24.0 Å². The SMILES string of the molecule is [3H]C(P)C(=O)CNC(=O)CCC(=O)N[C@H](CCC(=O)O)C(=O)O. The Balaban J connectivity index is 4.16. The predicted octanol–water partition coefficient (Wildman–Crippen LogP) is -1.24. The maximum Gasteiger partial charge on any atom is 0.326 e. The van der Waals surface area contributed by atoms with E-state index in [2.05, 4.69) is 10.6 Å². The van der Waals surface area contributed by atoms with E-state index in [1.807, 2.05) is 9.24 Å². The predicted molar refractivity (Wildman–Crippen MR) is 78.3 cm³/mol. The highest BCUT2D eigenvalue weighted by Crippen LogP contribution is 2.00. The molecule has 2 amide bonds. The molecule has 2 unspecified atom stereocenters. The third-order valence-corrected chi connectivity index (χ3v) is 2.88. The quantitative estimate of drug-likeness (QED) is 0.345. The van der Waals surface area contributed by atoms with Gasteiger partial charge in [-0.2, -0.15) is 0 Å². The molecule has 0 aromatic carbocycles. The van der Waals surface area contributed by atoms with Gasteiger partial charge in [0.05, 0.1) is 6.54 Å². The minimum absolute atomic E-state index is 0.260. The number of ketones is 1. The lowest BCUT2D eigenvalue weighted by molar-refractivity contribution is -0.143. The summed E-state index contributed by atoms with van der Waals surface area (Å²) in [6, 6.07) is -1.34. The van der Waals surface area contributed by atoms with Gasteiger partial charge in [-0.1, -0.05) is 0 Å². The Hall–Kier alpha value is -2.02. The Morgan fingerprint density at radius 3 is 2.14 bits per heavy atom. The van der Waals surface area contributed by atoms with Crippen LogP contribution < -0.4 is 10.6 Å². The van der Waals surface area contributed by atoms with Gasteiger partial charge in [-0.25, -0.2) is 4.79 Å². The summed E-state index contributed by atoms with van der Waals surface area (Å²) in [6.45, 7) is -0.325. The van der Waals surface area contributed by atoms with Crippen molar-refractivity contribution in [3.8, 4) is 0 Å². The number of rotatable bonds is 11. The number of aliphatic carboxylic acids is 2. The van der Waals surface area contributed by atoms with Gasteiger partial charge >= 0.3 is 11.9 Å². The Kier molecular flexibility index (Phi) is 8.74. The molecular formula is C12H19N2O7P. The van der Waals surface area contributed by atoms with Crippen LogP contribution in [0.15, 0.2) is 0 Å². The Bertz CT molecular complexity index is 484. The van der Waals surface area contributed by atoms with Crippen molar-refractivity contribution in [2.75, 3.05) is 12.7 Å². The highest BCUT2D eigenvalue weighted by Gasteiger charge is 2.21. The molecule has 4 N–H and O–H groups in total. The van der Waals surface area contributed by atoms with E-state index < -0.39 is 48.1 Å². The van der Waals surface area contributed by atoms with E-state index in [-0.39, 0.29) is 25.8 Å². The van der Waals surface area contributed by atoms with Crippen molar-refractivity contribution in [1.82, 2.24) is 10.6 Å². The van der Waals surface area contributed by atoms with Crippen LogP contribution in [0.1, 0.15) is 27.1 Å². The molecule has 9 nitrogen and oxygen atoms in total. The zero-order chi connectivity index (χ0) is 18.0. The fraction of sp³-hybridized carbons (Fsp3) is 0.583. The van der Waals surface area contributed by atoms with Crippen LogP contribution >= 0.6 is 9.24 Å². The molecule has 0 aliphatic carbocycles. The maximum absolute atomic E-state index is 11.6. The van der Waals surface area contributed by atoms with E-state index in [1.54, 1.807) is 0 Å². The van der Waals surface area contributed by atoms with Crippen molar-refractivity contribution < 1.29 is 35.6 Å². The molecule has 22 heavy (non-hydrogen) atoms. The van der Waals surface area contributed by atoms with Gasteiger partial charge in [-0.3, -0.25) is 19.2 Å². The Morgan fingerprint density at radius 2 is 1.64 bits per heavy atom. The first-order chi connectivity index (χ1) is 10.6. The fourth-order valence-electron chi connectivity index (χ4n) is 1.35. The molecule has 0 spiro atoms. The van der Waals surface area contributed by atoms with Gasteiger partial charge in [-0.15, -0.1) is 9.24 Å². The number of hydrogen-bond acceptors (Lipinski definition) is 5. The molecule has 0 aliphatic heterocycles. The zero-order valence-corrected chi connectivity index (χ0v) is 12.9. The van der Waals surface area contributed by atoms with Gasteiger partial charge in [0.15, 0.2) is 5.78 Å². The number of carbonyl (C=O) groups is 5. The highest BCUT2D eigenvalue weighted by molar-refractivity contribution is 7.18. The summed E-state index contributed by atoms with van der Waals surface area (Å²) in [4.78, 5) is 55.4. The molecule has 0 radical (unpaired) electrons. The van der Waals surface area contributed by atoms with Crippen LogP contribution in [-0.4, -0.2) is 58.5 Å². The second-order valence-electron chi connectivity index (χ2n) is 4.30. The van der Waals surface area contributed by atoms with E-state index in [9.17, 15) is 24.0 Å². The fourth-order valence-corrected chi connectivity index (χ4v) is 1.47. The second kappa shape index (κ2) is 10.7. The molecule has 0 saturated carbocycles. The van der Waals surface area contributed by atoms with E-state index in [0.29, 0.717) is 0 Å². The lowest BCUT2D eigenvalue weighted by atomic mass is 10.1. The van der Waals surface area contributed by atoms with E-state index in [0.717, 1.165) is 0 Å². The molecule has 0 aliphatic rings. The third kappa shape index (κ3) is 9.82. The average Bonchev–Trinajstić information content (AvgIpc) is 2.45. The molecule has 124 valence electrons. The molecule has 0 saturated heterocycles. The number of carbonyl (C=O) groups excluding carboxylic acids is 3. The minimum Gasteiger partial charge on any atom is -0.481 e. The van der Waals surface area contributed by atoms with Crippen molar-refractivity contribution >= 4 is 38.8 Å². The van der Waals surface area contributed by atoms with Crippen LogP contribution in [0.3, 0.4) is 0 Å². The molecule has 0 bridgehead atoms. The lowest BCUT2D eigenvalue weighted by Gasteiger charge is -2.13. The number of amides is 2. The van der Waals surface area contributed by atoms with Gasteiger partial charge in [0.1, 0.15) is 6.04 Å². The normalized spacial score (nSPS) is 13.4. The molecular weight excluding hydrogens is 315 g/mol. The largest absolute Gasteiger partial charge is 0.481 e. The van der Waals surface area contributed by atoms with E-state index >= 15 is 0 Å². The number of nitrogens with one attached hydrogen (secondary N) is 2. The van der Waals surface area contributed by atoms with Crippen molar-refractivity contribution in [2.24, 2.45) is 0 Å². The summed E-state index contributed by atoms with van der Waals surface area (Å²) < 4.78 is 7.09. The van der Waals surface area contributed by atoms with Gasteiger partial charge in [0.2, 0.25) is 11.8 Å². The summed E-state index contributed by atoms with van der Waals surface area (Å²) in [5.41, 5.74) is 0. The highest BCUT2D eigenvalue weighted by atomic mass is 31.0. The van der Waals surface area contributed by atoms with Crippen LogP contribution in [0.4, 0.5) is 0 Å². The van der Waals surface area contributed by atoms with Crippen LogP contribution in [0.5, 0.6) is 0 Å². The molecule has 0 aromatic rings. The second-order valence-corrected chi connectivity index (χ2v) is 4.63. The first-order valence-corrected chi connectivity index (χ1v) is 7.01. The van der Waals surface area contributed by atoms with E-state index in [4.69, 9.17) is 11.6 Å². The average molecular weight is 336 g/mol. The van der Waals surface area contributed by atoms with Gasteiger partial charge < -0.3 is 20.8 Å². The van der Waals surface area contributed by atoms with Crippen LogP contribution in [0.25, 0.3) is 0 Å². The van der Waals surface area contributed by atoms with Gasteiger partial charge in [-0.05, 0) is 6.42 Å². The Morgan fingerprint density at radius 1 is 1.05 bits per heavy atom. The summed E-state index contributed by atoms with van der Waals surface area (Å²) in [5.74, 6) is -4.36. The topological polar surface area (TPSA) is 150 Å². The van der Waals surface area contributed by atoms with Crippen molar-refractivity contribution in [3.63, 3.8) is 0 Å². The Labute approximate surface area is 130 Å². The standard InChI is InChI=1S/C12H19N2O7P/c15-7(6-22)5-13-9(16)2-3-10(17)14-8(12(20)21)1-4-11(18)19/h8H,1-6,22H2,(H,13,16)(H,14,17)(H,18,19)(H,20,21)/t8-/m1/s1/i6T/t6?,8-. The smallest absolute Gasteiger partial charge is 0.326 e. The lowest BCUT2D eigenvalue weighted by Crippen LogP contribution is -2.41. The number of carboxylic acids is 2. The van der Waals surface area contributed by atoms with Crippen molar-refractivity contribution in [1.29, 1.82) is 0 Å². The van der Waals surface area contributed by atoms with Crippen molar-refractivity contribution in [2.45, 2.75) is 31.7 Å². The summed E-state index contributed by atoms with van der Waals surface area (Å²) in [6.07, 6.45) is -2.28. The first-order valence-electron chi connectivity index (χ1n) is 6.92. The summed E-state index contributed by atoms with van der Waals surface area (Å²) in [7, 11) is 1.97. The first kappa shape index (κ1) is 18.0. The summed E-state index contributed by atoms with van der Waals surface area (Å²) >= 11 is 0. The van der Waals surface area contributed by atoms with Gasteiger partial charge in [0.25, 0.3) is 0 Å². The molecule has 0 rings (SSSR count).